The van der Waals surface area contributed by atoms with Crippen LogP contribution < -0.4 is 11.1 Å². The molecule has 0 aliphatic heterocycles. The molecule has 3 nitrogen and oxygen atoms in total. The minimum atomic E-state index is 0.0155. The number of rotatable bonds is 5. The summed E-state index contributed by atoms with van der Waals surface area (Å²) in [7, 11) is 0. The summed E-state index contributed by atoms with van der Waals surface area (Å²) in [6.45, 7) is 6.09. The molecule has 0 saturated carbocycles. The van der Waals surface area contributed by atoms with Gasteiger partial charge in [0.05, 0.1) is 0 Å². The number of aromatic nitrogens is 1. The predicted molar refractivity (Wildman–Crippen MR) is 79.8 cm³/mol. The molecule has 0 amide bonds. The Morgan fingerprint density at radius 2 is 2.00 bits per heavy atom. The lowest BCUT2D eigenvalue weighted by Gasteiger charge is -2.24. The van der Waals surface area contributed by atoms with Gasteiger partial charge in [-0.2, -0.15) is 0 Å². The zero-order valence-corrected chi connectivity index (χ0v) is 11.6. The average molecular weight is 255 g/mol. The van der Waals surface area contributed by atoms with Gasteiger partial charge in [-0.3, -0.25) is 4.98 Å². The van der Waals surface area contributed by atoms with E-state index in [1.807, 2.05) is 36.5 Å². The number of nitrogens with two attached hydrogens (primary N) is 1. The number of hydrogen-bond donors (Lipinski definition) is 2. The molecule has 0 fully saturated rings. The van der Waals surface area contributed by atoms with E-state index in [4.69, 9.17) is 5.73 Å². The van der Waals surface area contributed by atoms with Crippen molar-refractivity contribution >= 4 is 5.69 Å². The molecule has 0 spiro atoms. The molecule has 1 aromatic heterocycles. The van der Waals surface area contributed by atoms with Crippen LogP contribution in [-0.4, -0.2) is 11.5 Å². The van der Waals surface area contributed by atoms with Crippen LogP contribution in [0.4, 0.5) is 5.69 Å². The lowest BCUT2D eigenvalue weighted by molar-refractivity contribution is 0.457. The summed E-state index contributed by atoms with van der Waals surface area (Å²) >= 11 is 0. The molecule has 2 aromatic rings. The first-order valence-electron chi connectivity index (χ1n) is 6.54. The van der Waals surface area contributed by atoms with Crippen LogP contribution in [0.3, 0.4) is 0 Å². The van der Waals surface area contributed by atoms with Crippen molar-refractivity contribution in [1.29, 1.82) is 0 Å². The number of pyridine rings is 1. The van der Waals surface area contributed by atoms with Crippen molar-refractivity contribution in [2.75, 3.05) is 12.3 Å². The zero-order valence-electron chi connectivity index (χ0n) is 11.6. The highest BCUT2D eigenvalue weighted by Crippen LogP contribution is 2.19. The number of nitrogen functional groups attached to an aromatic ring is 1. The Labute approximate surface area is 114 Å². The fraction of sp³-hybridized carbons (Fsp3) is 0.312. The second-order valence-corrected chi connectivity index (χ2v) is 5.45. The van der Waals surface area contributed by atoms with Crippen LogP contribution in [0.25, 0.3) is 0 Å². The summed E-state index contributed by atoms with van der Waals surface area (Å²) in [6.07, 6.45) is 1.84. The molecule has 1 aromatic carbocycles. The largest absolute Gasteiger partial charge is 0.399 e. The van der Waals surface area contributed by atoms with Crippen molar-refractivity contribution in [3.63, 3.8) is 0 Å². The van der Waals surface area contributed by atoms with Gasteiger partial charge >= 0.3 is 0 Å². The van der Waals surface area contributed by atoms with E-state index < -0.39 is 0 Å². The molecule has 0 radical (unpaired) electrons. The number of anilines is 1. The van der Waals surface area contributed by atoms with Crippen LogP contribution in [0.2, 0.25) is 0 Å². The second-order valence-electron chi connectivity index (χ2n) is 5.45. The minimum Gasteiger partial charge on any atom is -0.399 e. The van der Waals surface area contributed by atoms with Gasteiger partial charge in [-0.15, -0.1) is 0 Å². The Morgan fingerprint density at radius 1 is 1.16 bits per heavy atom. The molecule has 100 valence electrons. The Bertz CT molecular complexity index is 521. The van der Waals surface area contributed by atoms with Crippen LogP contribution in [-0.2, 0) is 12.0 Å². The van der Waals surface area contributed by atoms with Gasteiger partial charge in [0.1, 0.15) is 0 Å². The van der Waals surface area contributed by atoms with Gasteiger partial charge in [0.25, 0.3) is 0 Å². The van der Waals surface area contributed by atoms with Crippen molar-refractivity contribution in [1.82, 2.24) is 10.3 Å². The molecule has 0 atom stereocenters. The minimum absolute atomic E-state index is 0.0155. The lowest BCUT2D eigenvalue weighted by Crippen LogP contribution is -2.33. The summed E-state index contributed by atoms with van der Waals surface area (Å²) in [6, 6.07) is 14.0. The Kier molecular flexibility index (Phi) is 4.17. The molecule has 3 N–H and O–H groups in total. The van der Waals surface area contributed by atoms with Crippen LogP contribution in [0.15, 0.2) is 48.7 Å². The quantitative estimate of drug-likeness (QED) is 0.808. The highest BCUT2D eigenvalue weighted by molar-refractivity contribution is 5.40. The molecule has 1 heterocycles. The average Bonchev–Trinajstić information content (AvgIpc) is 2.40. The van der Waals surface area contributed by atoms with E-state index in [-0.39, 0.29) is 5.41 Å². The zero-order chi connectivity index (χ0) is 13.7. The summed E-state index contributed by atoms with van der Waals surface area (Å²) in [5.74, 6) is 0. The van der Waals surface area contributed by atoms with Crippen LogP contribution in [0, 0.1) is 0 Å². The number of nitrogens with one attached hydrogen (secondary N) is 1. The van der Waals surface area contributed by atoms with E-state index in [0.29, 0.717) is 0 Å². The maximum Gasteiger partial charge on any atom is 0.0472 e. The summed E-state index contributed by atoms with van der Waals surface area (Å²) in [4.78, 5) is 4.43. The van der Waals surface area contributed by atoms with Crippen molar-refractivity contribution in [2.45, 2.75) is 25.8 Å². The standard InChI is InChI=1S/C16H21N3/c1-16(2,15-8-3-4-9-19-15)12-18-11-13-6-5-7-14(17)10-13/h3-10,18H,11-12,17H2,1-2H3. The van der Waals surface area contributed by atoms with Gasteiger partial charge in [0.15, 0.2) is 0 Å². The SMILES string of the molecule is CC(C)(CNCc1cccc(N)c1)c1ccccn1. The molecule has 0 aliphatic rings. The number of benzene rings is 1. The first-order chi connectivity index (χ1) is 9.08. The third-order valence-electron chi connectivity index (χ3n) is 3.21. The number of nitrogens with zero attached hydrogens (tertiary/aromatic N) is 1. The maximum atomic E-state index is 5.77. The molecule has 0 saturated heterocycles. The van der Waals surface area contributed by atoms with Gasteiger partial charge in [0, 0.05) is 36.1 Å². The van der Waals surface area contributed by atoms with Gasteiger partial charge in [-0.1, -0.05) is 32.0 Å². The first kappa shape index (κ1) is 13.6. The Balaban J connectivity index is 1.92. The van der Waals surface area contributed by atoms with Gasteiger partial charge in [-0.25, -0.2) is 0 Å². The van der Waals surface area contributed by atoms with Crippen LogP contribution in [0.1, 0.15) is 25.1 Å². The van der Waals surface area contributed by atoms with Crippen molar-refractivity contribution in [3.8, 4) is 0 Å². The van der Waals surface area contributed by atoms with E-state index in [0.717, 1.165) is 24.5 Å². The van der Waals surface area contributed by atoms with Crippen molar-refractivity contribution in [3.05, 3.63) is 59.9 Å². The number of hydrogen-bond acceptors (Lipinski definition) is 3. The normalized spacial score (nSPS) is 11.5. The maximum absolute atomic E-state index is 5.77. The summed E-state index contributed by atoms with van der Waals surface area (Å²) in [5.41, 5.74) is 8.91. The molecule has 0 bridgehead atoms. The fourth-order valence-corrected chi connectivity index (χ4v) is 2.08. The van der Waals surface area contributed by atoms with E-state index in [1.165, 1.54) is 5.56 Å². The Hall–Kier alpha value is -1.87. The highest BCUT2D eigenvalue weighted by Gasteiger charge is 2.21. The molecule has 2 rings (SSSR count). The molecule has 19 heavy (non-hydrogen) atoms. The van der Waals surface area contributed by atoms with Crippen molar-refractivity contribution < 1.29 is 0 Å². The third kappa shape index (κ3) is 3.80. The van der Waals surface area contributed by atoms with Crippen LogP contribution in [0.5, 0.6) is 0 Å². The summed E-state index contributed by atoms with van der Waals surface area (Å²) in [5, 5.41) is 3.47. The predicted octanol–water partition coefficient (Wildman–Crippen LogP) is 2.73. The monoisotopic (exact) mass is 255 g/mol. The first-order valence-corrected chi connectivity index (χ1v) is 6.54. The van der Waals surface area contributed by atoms with Crippen molar-refractivity contribution in [2.24, 2.45) is 0 Å². The molecular weight excluding hydrogens is 234 g/mol. The van der Waals surface area contributed by atoms with E-state index in [2.05, 4.69) is 36.3 Å². The van der Waals surface area contributed by atoms with Gasteiger partial charge < -0.3 is 11.1 Å². The third-order valence-corrected chi connectivity index (χ3v) is 3.21. The smallest absolute Gasteiger partial charge is 0.0472 e. The molecule has 0 aliphatic carbocycles. The molecule has 0 unspecified atom stereocenters. The topological polar surface area (TPSA) is 50.9 Å². The van der Waals surface area contributed by atoms with E-state index in [9.17, 15) is 0 Å². The fourth-order valence-electron chi connectivity index (χ4n) is 2.08. The van der Waals surface area contributed by atoms with Gasteiger partial charge in [0.2, 0.25) is 0 Å². The van der Waals surface area contributed by atoms with Crippen LogP contribution >= 0.6 is 0 Å². The highest BCUT2D eigenvalue weighted by atomic mass is 14.9. The molecular formula is C16H21N3. The lowest BCUT2D eigenvalue weighted by atomic mass is 9.88. The van der Waals surface area contributed by atoms with E-state index in [1.54, 1.807) is 0 Å². The second kappa shape index (κ2) is 5.85. The van der Waals surface area contributed by atoms with Gasteiger partial charge in [-0.05, 0) is 29.8 Å². The molecule has 3 heteroatoms. The van der Waals surface area contributed by atoms with E-state index >= 15 is 0 Å². The Morgan fingerprint density at radius 3 is 2.68 bits per heavy atom. The summed E-state index contributed by atoms with van der Waals surface area (Å²) < 4.78 is 0.